The van der Waals surface area contributed by atoms with Crippen LogP contribution in [0, 0.1) is 0 Å². The van der Waals surface area contributed by atoms with Gasteiger partial charge in [-0.2, -0.15) is 4.72 Å². The van der Waals surface area contributed by atoms with E-state index in [1.54, 1.807) is 12.1 Å². The monoisotopic (exact) mass is 228 g/mol. The van der Waals surface area contributed by atoms with Gasteiger partial charge in [-0.1, -0.05) is 12.1 Å². The zero-order chi connectivity index (χ0) is 11.1. The predicted octanol–water partition coefficient (Wildman–Crippen LogP) is -0.199. The van der Waals surface area contributed by atoms with E-state index in [1.807, 2.05) is 4.72 Å². The minimum atomic E-state index is -3.73. The number of sulfonamides is 1. The fourth-order valence-corrected chi connectivity index (χ4v) is 2.61. The number of hydrogen-bond donors (Lipinski definition) is 3. The second kappa shape index (κ2) is 3.21. The highest BCUT2D eigenvalue weighted by Gasteiger charge is 2.32. The highest BCUT2D eigenvalue weighted by molar-refractivity contribution is 7.89. The number of benzene rings is 1. The van der Waals surface area contributed by atoms with E-state index in [-0.39, 0.29) is 4.90 Å². The molecule has 0 radical (unpaired) electrons. The van der Waals surface area contributed by atoms with Crippen molar-refractivity contribution in [1.82, 2.24) is 4.72 Å². The largest absolute Gasteiger partial charge is 0.479 e. The van der Waals surface area contributed by atoms with E-state index in [2.05, 4.69) is 5.32 Å². The Morgan fingerprint density at radius 2 is 2.00 bits per heavy atom. The number of hydrogen-bond acceptors (Lipinski definition) is 4. The van der Waals surface area contributed by atoms with Gasteiger partial charge in [0.2, 0.25) is 10.0 Å². The van der Waals surface area contributed by atoms with Gasteiger partial charge in [0.1, 0.15) is 4.90 Å². The molecule has 1 aliphatic rings. The lowest BCUT2D eigenvalue weighted by Gasteiger charge is -2.24. The Morgan fingerprint density at radius 3 is 2.67 bits per heavy atom. The van der Waals surface area contributed by atoms with E-state index in [9.17, 15) is 13.2 Å². The van der Waals surface area contributed by atoms with Crippen molar-refractivity contribution in [3.63, 3.8) is 0 Å². The molecular formula is C8H8N2O4S. The SMILES string of the molecule is O=C(O)C1Nc2ccccc2S(=O)(=O)N1. The van der Waals surface area contributed by atoms with Crippen LogP contribution in [0.1, 0.15) is 0 Å². The zero-order valence-corrected chi connectivity index (χ0v) is 8.28. The van der Waals surface area contributed by atoms with E-state index in [0.717, 1.165) is 0 Å². The molecule has 1 atom stereocenters. The van der Waals surface area contributed by atoms with E-state index < -0.39 is 22.2 Å². The first-order valence-corrected chi connectivity index (χ1v) is 5.60. The number of para-hydroxylation sites is 1. The summed E-state index contributed by atoms with van der Waals surface area (Å²) < 4.78 is 25.2. The molecule has 15 heavy (non-hydrogen) atoms. The summed E-state index contributed by atoms with van der Waals surface area (Å²) in [6.07, 6.45) is -1.31. The van der Waals surface area contributed by atoms with Gasteiger partial charge in [-0.15, -0.1) is 0 Å². The molecular weight excluding hydrogens is 220 g/mol. The van der Waals surface area contributed by atoms with Crippen molar-refractivity contribution in [2.45, 2.75) is 11.1 Å². The van der Waals surface area contributed by atoms with E-state index in [4.69, 9.17) is 5.11 Å². The summed E-state index contributed by atoms with van der Waals surface area (Å²) in [4.78, 5) is 10.7. The molecule has 0 saturated carbocycles. The average molecular weight is 228 g/mol. The third kappa shape index (κ3) is 1.66. The van der Waals surface area contributed by atoms with Gasteiger partial charge < -0.3 is 10.4 Å². The maximum absolute atomic E-state index is 11.6. The van der Waals surface area contributed by atoms with Crippen LogP contribution >= 0.6 is 0 Å². The lowest BCUT2D eigenvalue weighted by atomic mass is 10.3. The molecule has 1 aliphatic heterocycles. The molecule has 2 rings (SSSR count). The minimum absolute atomic E-state index is 0.0579. The molecule has 0 aliphatic carbocycles. The number of anilines is 1. The molecule has 0 saturated heterocycles. The smallest absolute Gasteiger partial charge is 0.342 e. The van der Waals surface area contributed by atoms with E-state index >= 15 is 0 Å². The lowest BCUT2D eigenvalue weighted by Crippen LogP contribution is -2.49. The van der Waals surface area contributed by atoms with Gasteiger partial charge in [0, 0.05) is 0 Å². The van der Waals surface area contributed by atoms with Gasteiger partial charge in [0.15, 0.2) is 6.17 Å². The number of carbonyl (C=O) groups is 1. The fraction of sp³-hybridized carbons (Fsp3) is 0.125. The Balaban J connectivity index is 2.53. The molecule has 0 fully saturated rings. The Bertz CT molecular complexity index is 511. The number of carboxylic acid groups (broad SMARTS) is 1. The fourth-order valence-electron chi connectivity index (χ4n) is 1.34. The van der Waals surface area contributed by atoms with Crippen LogP contribution in [0.3, 0.4) is 0 Å². The normalized spacial score (nSPS) is 22.5. The van der Waals surface area contributed by atoms with E-state index in [1.165, 1.54) is 12.1 Å². The topological polar surface area (TPSA) is 95.5 Å². The molecule has 1 aromatic rings. The highest BCUT2D eigenvalue weighted by Crippen LogP contribution is 2.24. The average Bonchev–Trinajstić information content (AvgIpc) is 2.16. The van der Waals surface area contributed by atoms with Crippen LogP contribution in [0.15, 0.2) is 29.2 Å². The third-order valence-corrected chi connectivity index (χ3v) is 3.48. The standard InChI is InChI=1S/C8H8N2O4S/c11-8(12)7-9-5-3-1-2-4-6(5)15(13,14)10-7/h1-4,7,9-10H,(H,11,12). The van der Waals surface area contributed by atoms with Crippen molar-refractivity contribution >= 4 is 21.7 Å². The van der Waals surface area contributed by atoms with Crippen molar-refractivity contribution in [1.29, 1.82) is 0 Å². The first-order chi connectivity index (χ1) is 7.00. The predicted molar refractivity (Wildman–Crippen MR) is 51.8 cm³/mol. The van der Waals surface area contributed by atoms with Crippen LogP contribution < -0.4 is 10.0 Å². The lowest BCUT2D eigenvalue weighted by molar-refractivity contribution is -0.138. The molecule has 0 aromatic heterocycles. The van der Waals surface area contributed by atoms with Gasteiger partial charge in [0.25, 0.3) is 0 Å². The molecule has 3 N–H and O–H groups in total. The van der Waals surface area contributed by atoms with Crippen molar-refractivity contribution in [3.05, 3.63) is 24.3 Å². The summed E-state index contributed by atoms with van der Waals surface area (Å²) in [5.41, 5.74) is 0.295. The zero-order valence-electron chi connectivity index (χ0n) is 7.47. The number of fused-ring (bicyclic) bond motifs is 1. The molecule has 7 heteroatoms. The summed E-state index contributed by atoms with van der Waals surface area (Å²) in [5, 5.41) is 11.3. The summed E-state index contributed by atoms with van der Waals surface area (Å²) in [6.45, 7) is 0. The number of aliphatic carboxylic acids is 1. The summed E-state index contributed by atoms with van der Waals surface area (Å²) >= 11 is 0. The van der Waals surface area contributed by atoms with Crippen LogP contribution in [0.2, 0.25) is 0 Å². The molecule has 6 nitrogen and oxygen atoms in total. The minimum Gasteiger partial charge on any atom is -0.479 e. The van der Waals surface area contributed by atoms with Gasteiger partial charge in [0.05, 0.1) is 5.69 Å². The number of carboxylic acids is 1. The molecule has 1 unspecified atom stereocenters. The van der Waals surface area contributed by atoms with Gasteiger partial charge >= 0.3 is 5.97 Å². The van der Waals surface area contributed by atoms with Gasteiger partial charge in [-0.3, -0.25) is 0 Å². The molecule has 0 spiro atoms. The van der Waals surface area contributed by atoms with Crippen molar-refractivity contribution in [2.75, 3.05) is 5.32 Å². The second-order valence-electron chi connectivity index (χ2n) is 3.03. The highest BCUT2D eigenvalue weighted by atomic mass is 32.2. The maximum Gasteiger partial charge on any atom is 0.342 e. The van der Waals surface area contributed by atoms with Crippen LogP contribution in [0.4, 0.5) is 5.69 Å². The maximum atomic E-state index is 11.6. The van der Waals surface area contributed by atoms with Crippen LogP contribution in [-0.4, -0.2) is 25.7 Å². The van der Waals surface area contributed by atoms with Gasteiger partial charge in [-0.25, -0.2) is 13.2 Å². The molecule has 80 valence electrons. The summed E-state index contributed by atoms with van der Waals surface area (Å²) in [5.74, 6) is -1.27. The molecule has 1 aromatic carbocycles. The van der Waals surface area contributed by atoms with Crippen molar-refractivity contribution in [2.24, 2.45) is 0 Å². The van der Waals surface area contributed by atoms with Crippen LogP contribution in [0.25, 0.3) is 0 Å². The third-order valence-electron chi connectivity index (χ3n) is 2.00. The quantitative estimate of drug-likeness (QED) is 0.618. The van der Waals surface area contributed by atoms with Crippen molar-refractivity contribution in [3.8, 4) is 0 Å². The number of nitrogens with one attached hydrogen (secondary N) is 2. The van der Waals surface area contributed by atoms with Crippen LogP contribution in [0.5, 0.6) is 0 Å². The summed E-state index contributed by atoms with van der Waals surface area (Å²) in [6, 6.07) is 6.12. The Hall–Kier alpha value is -1.60. The number of rotatable bonds is 1. The Kier molecular flexibility index (Phi) is 2.13. The second-order valence-corrected chi connectivity index (χ2v) is 4.72. The Labute approximate surface area is 86.0 Å². The molecule has 1 heterocycles. The Morgan fingerprint density at radius 1 is 1.33 bits per heavy atom. The first-order valence-electron chi connectivity index (χ1n) is 4.11. The van der Waals surface area contributed by atoms with Crippen LogP contribution in [-0.2, 0) is 14.8 Å². The van der Waals surface area contributed by atoms with E-state index in [0.29, 0.717) is 5.69 Å². The summed E-state index contributed by atoms with van der Waals surface area (Å²) in [7, 11) is -3.73. The molecule has 0 bridgehead atoms. The first kappa shape index (κ1) is 9.94. The van der Waals surface area contributed by atoms with Crippen molar-refractivity contribution < 1.29 is 18.3 Å². The molecule has 0 amide bonds. The van der Waals surface area contributed by atoms with Gasteiger partial charge in [-0.05, 0) is 12.1 Å².